The molecule has 0 atom stereocenters. The Morgan fingerprint density at radius 1 is 0.882 bits per heavy atom. The van der Waals surface area contributed by atoms with Gasteiger partial charge in [-0.15, -0.1) is 0 Å². The SMILES string of the molecule is C=C(C)C(=O)Oc1c(C)c(C)c(C)c(C)c1C. The fourth-order valence-corrected chi connectivity index (χ4v) is 1.80. The maximum atomic E-state index is 11.6. The zero-order valence-corrected chi connectivity index (χ0v) is 11.5. The zero-order valence-electron chi connectivity index (χ0n) is 11.5. The molecule has 0 aromatic heterocycles. The second-order valence-electron chi connectivity index (χ2n) is 4.62. The molecule has 17 heavy (non-hydrogen) atoms. The monoisotopic (exact) mass is 232 g/mol. The molecule has 0 fully saturated rings. The summed E-state index contributed by atoms with van der Waals surface area (Å²) < 4.78 is 5.42. The highest BCUT2D eigenvalue weighted by Gasteiger charge is 2.16. The molecule has 0 N–H and O–H groups in total. The van der Waals surface area contributed by atoms with Crippen molar-refractivity contribution in [2.75, 3.05) is 0 Å². The quantitative estimate of drug-likeness (QED) is 0.441. The van der Waals surface area contributed by atoms with Crippen LogP contribution in [0, 0.1) is 34.6 Å². The van der Waals surface area contributed by atoms with Gasteiger partial charge in [0.05, 0.1) is 0 Å². The van der Waals surface area contributed by atoms with Gasteiger partial charge in [-0.25, -0.2) is 4.79 Å². The van der Waals surface area contributed by atoms with E-state index >= 15 is 0 Å². The molecule has 1 aromatic carbocycles. The number of hydrogen-bond donors (Lipinski definition) is 0. The van der Waals surface area contributed by atoms with Gasteiger partial charge >= 0.3 is 5.97 Å². The Labute approximate surface area is 103 Å². The van der Waals surface area contributed by atoms with Gasteiger partial charge in [0.15, 0.2) is 0 Å². The number of rotatable bonds is 2. The van der Waals surface area contributed by atoms with Gasteiger partial charge < -0.3 is 4.74 Å². The molecular formula is C15H20O2. The molecule has 2 heteroatoms. The smallest absolute Gasteiger partial charge is 0.338 e. The lowest BCUT2D eigenvalue weighted by Gasteiger charge is -2.18. The molecule has 0 heterocycles. The van der Waals surface area contributed by atoms with Crippen LogP contribution < -0.4 is 4.74 Å². The molecule has 0 bridgehead atoms. The third kappa shape index (κ3) is 2.41. The van der Waals surface area contributed by atoms with Crippen LogP contribution in [0.5, 0.6) is 5.75 Å². The topological polar surface area (TPSA) is 26.3 Å². The van der Waals surface area contributed by atoms with Crippen LogP contribution in [0.2, 0.25) is 0 Å². The van der Waals surface area contributed by atoms with E-state index in [9.17, 15) is 4.79 Å². The van der Waals surface area contributed by atoms with Crippen molar-refractivity contribution >= 4 is 5.97 Å². The van der Waals surface area contributed by atoms with Gasteiger partial charge in [0.1, 0.15) is 5.75 Å². The largest absolute Gasteiger partial charge is 0.423 e. The third-order valence-corrected chi connectivity index (χ3v) is 3.47. The second-order valence-corrected chi connectivity index (χ2v) is 4.62. The molecule has 0 aliphatic carbocycles. The minimum Gasteiger partial charge on any atom is -0.423 e. The van der Waals surface area contributed by atoms with Crippen LogP contribution in [0.3, 0.4) is 0 Å². The van der Waals surface area contributed by atoms with Crippen LogP contribution in [-0.2, 0) is 4.79 Å². The highest BCUT2D eigenvalue weighted by molar-refractivity contribution is 5.89. The van der Waals surface area contributed by atoms with Gasteiger partial charge in [0, 0.05) is 5.57 Å². The molecular weight excluding hydrogens is 212 g/mol. The molecule has 1 rings (SSSR count). The highest BCUT2D eigenvalue weighted by atomic mass is 16.5. The molecule has 0 amide bonds. The van der Waals surface area contributed by atoms with Gasteiger partial charge in [0.2, 0.25) is 0 Å². The number of carbonyl (C=O) groups excluding carboxylic acids is 1. The van der Waals surface area contributed by atoms with E-state index in [1.165, 1.54) is 16.7 Å². The summed E-state index contributed by atoms with van der Waals surface area (Å²) in [5.41, 5.74) is 6.09. The number of carbonyl (C=O) groups is 1. The van der Waals surface area contributed by atoms with Crippen molar-refractivity contribution in [3.8, 4) is 5.75 Å². The summed E-state index contributed by atoms with van der Waals surface area (Å²) in [6.07, 6.45) is 0. The van der Waals surface area contributed by atoms with Crippen LogP contribution >= 0.6 is 0 Å². The van der Waals surface area contributed by atoms with E-state index in [0.717, 1.165) is 11.1 Å². The Morgan fingerprint density at radius 3 is 1.59 bits per heavy atom. The van der Waals surface area contributed by atoms with E-state index in [0.29, 0.717) is 11.3 Å². The van der Waals surface area contributed by atoms with Crippen LogP contribution in [0.4, 0.5) is 0 Å². The van der Waals surface area contributed by atoms with E-state index in [-0.39, 0.29) is 5.97 Å². The fourth-order valence-electron chi connectivity index (χ4n) is 1.80. The minimum atomic E-state index is -0.362. The van der Waals surface area contributed by atoms with Crippen LogP contribution in [-0.4, -0.2) is 5.97 Å². The molecule has 92 valence electrons. The Morgan fingerprint density at radius 2 is 1.24 bits per heavy atom. The first-order valence-electron chi connectivity index (χ1n) is 5.72. The minimum absolute atomic E-state index is 0.362. The Hall–Kier alpha value is -1.57. The van der Waals surface area contributed by atoms with Crippen molar-refractivity contribution < 1.29 is 9.53 Å². The van der Waals surface area contributed by atoms with Crippen molar-refractivity contribution in [3.05, 3.63) is 40.0 Å². The number of benzene rings is 1. The lowest BCUT2D eigenvalue weighted by Crippen LogP contribution is -2.12. The maximum Gasteiger partial charge on any atom is 0.338 e. The Kier molecular flexibility index (Phi) is 3.76. The lowest BCUT2D eigenvalue weighted by molar-refractivity contribution is -0.130. The average Bonchev–Trinajstić information content (AvgIpc) is 2.29. The third-order valence-electron chi connectivity index (χ3n) is 3.47. The van der Waals surface area contributed by atoms with E-state index in [4.69, 9.17) is 4.74 Å². The van der Waals surface area contributed by atoms with Crippen molar-refractivity contribution in [2.45, 2.75) is 41.5 Å². The van der Waals surface area contributed by atoms with Crippen molar-refractivity contribution in [3.63, 3.8) is 0 Å². The van der Waals surface area contributed by atoms with Gasteiger partial charge in [0.25, 0.3) is 0 Å². The second kappa shape index (κ2) is 4.74. The average molecular weight is 232 g/mol. The molecule has 1 aromatic rings. The van der Waals surface area contributed by atoms with Gasteiger partial charge in [-0.05, 0) is 69.4 Å². The van der Waals surface area contributed by atoms with Crippen molar-refractivity contribution in [1.82, 2.24) is 0 Å². The molecule has 2 nitrogen and oxygen atoms in total. The van der Waals surface area contributed by atoms with Gasteiger partial charge in [-0.2, -0.15) is 0 Å². The normalized spacial score (nSPS) is 10.2. The fraction of sp³-hybridized carbons (Fsp3) is 0.400. The Balaban J connectivity index is 3.35. The number of ether oxygens (including phenoxy) is 1. The van der Waals surface area contributed by atoms with E-state index < -0.39 is 0 Å². The Bertz CT molecular complexity index is 467. The van der Waals surface area contributed by atoms with E-state index in [2.05, 4.69) is 27.4 Å². The summed E-state index contributed by atoms with van der Waals surface area (Å²) in [6, 6.07) is 0. The summed E-state index contributed by atoms with van der Waals surface area (Å²) in [5, 5.41) is 0. The maximum absolute atomic E-state index is 11.6. The van der Waals surface area contributed by atoms with Gasteiger partial charge in [-0.3, -0.25) is 0 Å². The van der Waals surface area contributed by atoms with Gasteiger partial charge in [-0.1, -0.05) is 6.58 Å². The molecule has 0 radical (unpaired) electrons. The van der Waals surface area contributed by atoms with E-state index in [1.54, 1.807) is 6.92 Å². The summed E-state index contributed by atoms with van der Waals surface area (Å²) >= 11 is 0. The van der Waals surface area contributed by atoms with Crippen molar-refractivity contribution in [2.24, 2.45) is 0 Å². The molecule has 0 saturated heterocycles. The number of esters is 1. The molecule has 0 saturated carbocycles. The standard InChI is InChI=1S/C15H20O2/c1-8(2)15(16)17-14-12(6)10(4)9(3)11(5)13(14)7/h1H2,2-7H3. The van der Waals surface area contributed by atoms with Crippen LogP contribution in [0.1, 0.15) is 34.7 Å². The molecule has 0 aliphatic rings. The summed E-state index contributed by atoms with van der Waals surface area (Å²) in [4.78, 5) is 11.6. The molecule has 0 aliphatic heterocycles. The first kappa shape index (κ1) is 13.5. The summed E-state index contributed by atoms with van der Waals surface area (Å²) in [6.45, 7) is 15.4. The van der Waals surface area contributed by atoms with Crippen LogP contribution in [0.25, 0.3) is 0 Å². The predicted octanol–water partition coefficient (Wildman–Crippen LogP) is 3.71. The predicted molar refractivity (Wildman–Crippen MR) is 70.6 cm³/mol. The summed E-state index contributed by atoms with van der Waals surface area (Å²) in [7, 11) is 0. The first-order chi connectivity index (χ1) is 7.77. The number of hydrogen-bond acceptors (Lipinski definition) is 2. The summed E-state index contributed by atoms with van der Waals surface area (Å²) in [5.74, 6) is 0.317. The molecule has 0 spiro atoms. The molecule has 0 unspecified atom stereocenters. The lowest BCUT2D eigenvalue weighted by atomic mass is 9.94. The first-order valence-corrected chi connectivity index (χ1v) is 5.72. The van der Waals surface area contributed by atoms with Crippen LogP contribution in [0.15, 0.2) is 12.2 Å². The van der Waals surface area contributed by atoms with E-state index in [1.807, 2.05) is 13.8 Å². The zero-order chi connectivity index (χ0) is 13.3. The van der Waals surface area contributed by atoms with Crippen molar-refractivity contribution in [1.29, 1.82) is 0 Å². The highest BCUT2D eigenvalue weighted by Crippen LogP contribution is 2.32.